The molecule has 1 heterocycles. The first-order valence-corrected chi connectivity index (χ1v) is 5.83. The molecule has 1 aromatic heterocycles. The lowest BCUT2D eigenvalue weighted by Crippen LogP contribution is -2.43. The van der Waals surface area contributed by atoms with E-state index < -0.39 is 0 Å². The number of ether oxygens (including phenoxy) is 1. The van der Waals surface area contributed by atoms with Crippen molar-refractivity contribution in [3.8, 4) is 5.88 Å². The molecule has 1 unspecified atom stereocenters. The van der Waals surface area contributed by atoms with Gasteiger partial charge in [-0.25, -0.2) is 0 Å². The number of hydrogen-bond donors (Lipinski definition) is 2. The molecule has 1 aromatic rings. The van der Waals surface area contributed by atoms with Crippen LogP contribution in [-0.4, -0.2) is 29.2 Å². The average Bonchev–Trinajstić information content (AvgIpc) is 2.28. The zero-order valence-electron chi connectivity index (χ0n) is 11.0. The maximum Gasteiger partial charge on any atom is 0.233 e. The number of methoxy groups -OCH3 is 1. The molecule has 5 heteroatoms. The zero-order chi connectivity index (χ0) is 12.9. The molecule has 0 aliphatic rings. The quantitative estimate of drug-likeness (QED) is 0.788. The van der Waals surface area contributed by atoms with E-state index in [0.717, 1.165) is 6.42 Å². The summed E-state index contributed by atoms with van der Waals surface area (Å²) in [5.74, 6) is 1.76. The summed E-state index contributed by atoms with van der Waals surface area (Å²) in [5, 5.41) is 3.33. The molecule has 0 aliphatic heterocycles. The molecule has 1 rings (SSSR count). The van der Waals surface area contributed by atoms with Crippen molar-refractivity contribution in [3.05, 3.63) is 12.4 Å². The smallest absolute Gasteiger partial charge is 0.233 e. The second kappa shape index (κ2) is 5.82. The Morgan fingerprint density at radius 2 is 2.18 bits per heavy atom. The summed E-state index contributed by atoms with van der Waals surface area (Å²) in [5.41, 5.74) is 5.66. The molecule has 0 fully saturated rings. The third-order valence-corrected chi connectivity index (χ3v) is 2.56. The topological polar surface area (TPSA) is 73.1 Å². The molecule has 0 spiro atoms. The van der Waals surface area contributed by atoms with Crippen LogP contribution in [0.15, 0.2) is 12.4 Å². The van der Waals surface area contributed by atoms with Crippen LogP contribution in [0.3, 0.4) is 0 Å². The van der Waals surface area contributed by atoms with E-state index in [4.69, 9.17) is 10.5 Å². The molecular weight excluding hydrogens is 216 g/mol. The predicted octanol–water partition coefficient (Wildman–Crippen LogP) is 1.66. The molecule has 0 aromatic carbocycles. The molecule has 1 atom stereocenters. The molecule has 17 heavy (non-hydrogen) atoms. The molecule has 3 N–H and O–H groups in total. The second-order valence-corrected chi connectivity index (χ2v) is 4.93. The van der Waals surface area contributed by atoms with Crippen LogP contribution in [-0.2, 0) is 0 Å². The fourth-order valence-corrected chi connectivity index (χ4v) is 1.90. The summed E-state index contributed by atoms with van der Waals surface area (Å²) in [6.07, 6.45) is 4.23. The molecular formula is C12H22N4O. The van der Waals surface area contributed by atoms with Gasteiger partial charge in [-0.3, -0.25) is 4.98 Å². The summed E-state index contributed by atoms with van der Waals surface area (Å²) < 4.78 is 5.04. The van der Waals surface area contributed by atoms with E-state index >= 15 is 0 Å². The van der Waals surface area contributed by atoms with Crippen LogP contribution in [0, 0.1) is 5.92 Å². The van der Waals surface area contributed by atoms with Gasteiger partial charge >= 0.3 is 0 Å². The molecule has 96 valence electrons. The van der Waals surface area contributed by atoms with E-state index in [9.17, 15) is 0 Å². The summed E-state index contributed by atoms with van der Waals surface area (Å²) >= 11 is 0. The molecule has 0 aliphatic carbocycles. The lowest BCUT2D eigenvalue weighted by atomic mass is 9.91. The first kappa shape index (κ1) is 13.7. The first-order chi connectivity index (χ1) is 7.99. The number of anilines is 1. The lowest BCUT2D eigenvalue weighted by molar-refractivity contribution is 0.390. The Labute approximate surface area is 103 Å². The van der Waals surface area contributed by atoms with Crippen LogP contribution >= 0.6 is 0 Å². The van der Waals surface area contributed by atoms with Gasteiger partial charge in [0.05, 0.1) is 19.5 Å². The Morgan fingerprint density at radius 3 is 2.71 bits per heavy atom. The van der Waals surface area contributed by atoms with Gasteiger partial charge in [0.1, 0.15) is 5.82 Å². The van der Waals surface area contributed by atoms with Gasteiger partial charge in [-0.15, -0.1) is 0 Å². The van der Waals surface area contributed by atoms with Crippen LogP contribution < -0.4 is 15.8 Å². The largest absolute Gasteiger partial charge is 0.480 e. The molecule has 0 saturated heterocycles. The Hall–Kier alpha value is -1.36. The highest BCUT2D eigenvalue weighted by atomic mass is 16.5. The van der Waals surface area contributed by atoms with E-state index in [2.05, 4.69) is 36.1 Å². The molecule has 0 amide bonds. The summed E-state index contributed by atoms with van der Waals surface area (Å²) in [6, 6.07) is 0. The third kappa shape index (κ3) is 4.19. The number of nitrogens with one attached hydrogen (secondary N) is 1. The normalized spacial score (nSPS) is 14.5. The van der Waals surface area contributed by atoms with Crippen molar-refractivity contribution in [2.45, 2.75) is 32.7 Å². The average molecular weight is 238 g/mol. The highest BCUT2D eigenvalue weighted by Gasteiger charge is 2.24. The van der Waals surface area contributed by atoms with Crippen LogP contribution in [0.1, 0.15) is 27.2 Å². The van der Waals surface area contributed by atoms with Crippen molar-refractivity contribution in [1.82, 2.24) is 9.97 Å². The fraction of sp³-hybridized carbons (Fsp3) is 0.667. The van der Waals surface area contributed by atoms with Crippen molar-refractivity contribution in [1.29, 1.82) is 0 Å². The number of nitrogens with zero attached hydrogens (tertiary/aromatic N) is 2. The summed E-state index contributed by atoms with van der Waals surface area (Å²) in [7, 11) is 1.57. The number of nitrogens with two attached hydrogens (primary N) is 1. The van der Waals surface area contributed by atoms with E-state index in [1.54, 1.807) is 19.5 Å². The highest BCUT2D eigenvalue weighted by Crippen LogP contribution is 2.21. The van der Waals surface area contributed by atoms with Gasteiger partial charge in [0.25, 0.3) is 0 Å². The second-order valence-electron chi connectivity index (χ2n) is 4.93. The van der Waals surface area contributed by atoms with E-state index in [-0.39, 0.29) is 5.54 Å². The zero-order valence-corrected chi connectivity index (χ0v) is 11.0. The van der Waals surface area contributed by atoms with Crippen molar-refractivity contribution >= 4 is 5.82 Å². The lowest BCUT2D eigenvalue weighted by Gasteiger charge is -2.31. The summed E-state index contributed by atoms with van der Waals surface area (Å²) in [4.78, 5) is 8.34. The minimum atomic E-state index is -0.171. The maximum absolute atomic E-state index is 5.83. The van der Waals surface area contributed by atoms with Crippen LogP contribution in [0.4, 0.5) is 5.82 Å². The maximum atomic E-state index is 5.83. The summed E-state index contributed by atoms with van der Waals surface area (Å²) in [6.45, 7) is 6.98. The Kier molecular flexibility index (Phi) is 4.69. The SMILES string of the molecule is COc1cncc(NC(C)(CN)CC(C)C)n1. The minimum Gasteiger partial charge on any atom is -0.480 e. The number of hydrogen-bond acceptors (Lipinski definition) is 5. The van der Waals surface area contributed by atoms with Crippen molar-refractivity contribution in [2.24, 2.45) is 11.7 Å². The van der Waals surface area contributed by atoms with Gasteiger partial charge < -0.3 is 15.8 Å². The fourth-order valence-electron chi connectivity index (χ4n) is 1.90. The Balaban J connectivity index is 2.79. The van der Waals surface area contributed by atoms with Gasteiger partial charge in [0, 0.05) is 12.1 Å². The van der Waals surface area contributed by atoms with Gasteiger partial charge in [-0.05, 0) is 19.3 Å². The van der Waals surface area contributed by atoms with Crippen molar-refractivity contribution < 1.29 is 4.74 Å². The van der Waals surface area contributed by atoms with E-state index in [1.807, 2.05) is 0 Å². The van der Waals surface area contributed by atoms with Gasteiger partial charge in [0.2, 0.25) is 5.88 Å². The molecule has 0 bridgehead atoms. The monoisotopic (exact) mass is 238 g/mol. The highest BCUT2D eigenvalue weighted by molar-refractivity contribution is 5.36. The standard InChI is InChI=1S/C12H22N4O/c1-9(2)5-12(3,8-13)16-10-6-14-7-11(15-10)17-4/h6-7,9H,5,8,13H2,1-4H3,(H,15,16). The minimum absolute atomic E-state index is 0.171. The number of aromatic nitrogens is 2. The first-order valence-electron chi connectivity index (χ1n) is 5.83. The van der Waals surface area contributed by atoms with Gasteiger partial charge in [-0.2, -0.15) is 4.98 Å². The van der Waals surface area contributed by atoms with Crippen LogP contribution in [0.25, 0.3) is 0 Å². The molecule has 0 saturated carbocycles. The predicted molar refractivity (Wildman–Crippen MR) is 69.1 cm³/mol. The van der Waals surface area contributed by atoms with Crippen LogP contribution in [0.5, 0.6) is 5.88 Å². The van der Waals surface area contributed by atoms with Crippen molar-refractivity contribution in [2.75, 3.05) is 19.0 Å². The van der Waals surface area contributed by atoms with E-state index in [0.29, 0.717) is 24.2 Å². The van der Waals surface area contributed by atoms with Gasteiger partial charge in [0.15, 0.2) is 0 Å². The Bertz CT molecular complexity index is 356. The van der Waals surface area contributed by atoms with E-state index in [1.165, 1.54) is 0 Å². The van der Waals surface area contributed by atoms with Crippen molar-refractivity contribution in [3.63, 3.8) is 0 Å². The van der Waals surface area contributed by atoms with Crippen LogP contribution in [0.2, 0.25) is 0 Å². The molecule has 5 nitrogen and oxygen atoms in total. The third-order valence-electron chi connectivity index (χ3n) is 2.56. The number of rotatable bonds is 6. The van der Waals surface area contributed by atoms with Gasteiger partial charge in [-0.1, -0.05) is 13.8 Å². The Morgan fingerprint density at radius 1 is 1.47 bits per heavy atom. The molecule has 0 radical (unpaired) electrons.